The summed E-state index contributed by atoms with van der Waals surface area (Å²) in [5, 5.41) is 0. The van der Waals surface area contributed by atoms with E-state index in [9.17, 15) is 4.79 Å². The van der Waals surface area contributed by atoms with Gasteiger partial charge in [-0.3, -0.25) is 4.79 Å². The van der Waals surface area contributed by atoms with E-state index >= 15 is 0 Å². The second-order valence-electron chi connectivity index (χ2n) is 5.45. The van der Waals surface area contributed by atoms with Gasteiger partial charge in [-0.25, -0.2) is 0 Å². The van der Waals surface area contributed by atoms with Crippen LogP contribution in [0.25, 0.3) is 0 Å². The second kappa shape index (κ2) is 7.57. The average Bonchev–Trinajstić information content (AvgIpc) is 2.99. The molecule has 5 nitrogen and oxygen atoms in total. The van der Waals surface area contributed by atoms with Crippen molar-refractivity contribution < 1.29 is 19.0 Å². The number of ether oxygens (including phenoxy) is 3. The molecule has 130 valence electrons. The number of amides is 1. The van der Waals surface area contributed by atoms with Crippen LogP contribution in [0.4, 0.5) is 0 Å². The fraction of sp³-hybridized carbons (Fsp3) is 0.389. The summed E-state index contributed by atoms with van der Waals surface area (Å²) in [7, 11) is 6.58. The highest BCUT2D eigenvalue weighted by Crippen LogP contribution is 2.35. The minimum atomic E-state index is -0.162. The van der Waals surface area contributed by atoms with Crippen LogP contribution < -0.4 is 14.2 Å². The van der Waals surface area contributed by atoms with E-state index in [1.807, 2.05) is 38.1 Å². The van der Waals surface area contributed by atoms with Gasteiger partial charge in [0.05, 0.1) is 27.4 Å². The molecule has 0 N–H and O–H groups in total. The van der Waals surface area contributed by atoms with E-state index in [1.165, 1.54) is 11.3 Å². The minimum Gasteiger partial charge on any atom is -0.497 e. The van der Waals surface area contributed by atoms with Crippen LogP contribution in [0, 0.1) is 6.92 Å². The number of benzene rings is 1. The molecule has 1 aromatic heterocycles. The summed E-state index contributed by atoms with van der Waals surface area (Å²) in [6.07, 6.45) is 0. The zero-order valence-corrected chi connectivity index (χ0v) is 15.7. The molecule has 1 atom stereocenters. The lowest BCUT2D eigenvalue weighted by Crippen LogP contribution is -2.29. The van der Waals surface area contributed by atoms with Crippen LogP contribution in [0.15, 0.2) is 24.3 Å². The van der Waals surface area contributed by atoms with Crippen molar-refractivity contribution in [3.63, 3.8) is 0 Å². The Morgan fingerprint density at radius 1 is 1.08 bits per heavy atom. The first-order valence-electron chi connectivity index (χ1n) is 7.56. The Hall–Kier alpha value is -2.21. The highest BCUT2D eigenvalue weighted by Gasteiger charge is 2.25. The molecule has 0 fully saturated rings. The van der Waals surface area contributed by atoms with Gasteiger partial charge in [0.1, 0.15) is 22.1 Å². The van der Waals surface area contributed by atoms with Gasteiger partial charge < -0.3 is 19.1 Å². The lowest BCUT2D eigenvalue weighted by atomic mass is 10.1. The van der Waals surface area contributed by atoms with Crippen LogP contribution in [0.1, 0.15) is 33.1 Å². The third-order valence-electron chi connectivity index (χ3n) is 4.03. The lowest BCUT2D eigenvalue weighted by Gasteiger charge is -2.26. The van der Waals surface area contributed by atoms with Gasteiger partial charge >= 0.3 is 0 Å². The van der Waals surface area contributed by atoms with Crippen LogP contribution in [0.3, 0.4) is 0 Å². The van der Waals surface area contributed by atoms with Crippen LogP contribution >= 0.6 is 11.3 Å². The molecule has 0 aliphatic rings. The van der Waals surface area contributed by atoms with Crippen LogP contribution in [0.2, 0.25) is 0 Å². The molecule has 0 bridgehead atoms. The first-order chi connectivity index (χ1) is 11.4. The molecule has 0 aliphatic heterocycles. The molecule has 1 aromatic carbocycles. The van der Waals surface area contributed by atoms with Crippen molar-refractivity contribution in [1.29, 1.82) is 0 Å². The number of aryl methyl sites for hydroxylation is 1. The smallest absolute Gasteiger partial charge is 0.268 e. The molecule has 0 unspecified atom stereocenters. The van der Waals surface area contributed by atoms with Gasteiger partial charge in [-0.2, -0.15) is 0 Å². The highest BCUT2D eigenvalue weighted by atomic mass is 32.1. The van der Waals surface area contributed by atoms with Crippen LogP contribution in [-0.2, 0) is 0 Å². The topological polar surface area (TPSA) is 48.0 Å². The van der Waals surface area contributed by atoms with Gasteiger partial charge in [0.15, 0.2) is 0 Å². The summed E-state index contributed by atoms with van der Waals surface area (Å²) < 4.78 is 16.0. The Bertz CT molecular complexity index is 726. The number of hydrogen-bond donors (Lipinski definition) is 0. The molecule has 1 heterocycles. The first-order valence-corrected chi connectivity index (χ1v) is 8.38. The molecule has 1 amide bonds. The number of rotatable bonds is 6. The highest BCUT2D eigenvalue weighted by molar-refractivity contribution is 7.14. The van der Waals surface area contributed by atoms with Crippen molar-refractivity contribution in [3.8, 4) is 17.2 Å². The summed E-state index contributed by atoms with van der Waals surface area (Å²) in [5.74, 6) is 1.95. The second-order valence-corrected chi connectivity index (χ2v) is 6.71. The predicted molar refractivity (Wildman–Crippen MR) is 95.7 cm³/mol. The van der Waals surface area contributed by atoms with Gasteiger partial charge in [-0.1, -0.05) is 0 Å². The van der Waals surface area contributed by atoms with Gasteiger partial charge in [-0.05, 0) is 32.0 Å². The van der Waals surface area contributed by atoms with E-state index in [4.69, 9.17) is 14.2 Å². The molecule has 0 aliphatic carbocycles. The Kier molecular flexibility index (Phi) is 5.72. The van der Waals surface area contributed by atoms with Gasteiger partial charge in [0.2, 0.25) is 0 Å². The van der Waals surface area contributed by atoms with E-state index in [0.717, 1.165) is 10.4 Å². The molecule has 24 heavy (non-hydrogen) atoms. The monoisotopic (exact) mass is 349 g/mol. The summed E-state index contributed by atoms with van der Waals surface area (Å²) in [6.45, 7) is 3.93. The summed E-state index contributed by atoms with van der Waals surface area (Å²) in [5.41, 5.74) is 0.918. The summed E-state index contributed by atoms with van der Waals surface area (Å²) in [4.78, 5) is 16.2. The number of hydrogen-bond acceptors (Lipinski definition) is 5. The maximum atomic E-state index is 12.9. The molecule has 2 aromatic rings. The molecular weight excluding hydrogens is 326 g/mol. The molecule has 2 rings (SSSR count). The molecule has 0 saturated carbocycles. The van der Waals surface area contributed by atoms with E-state index in [0.29, 0.717) is 22.1 Å². The van der Waals surface area contributed by atoms with Crippen molar-refractivity contribution >= 4 is 17.2 Å². The van der Waals surface area contributed by atoms with E-state index < -0.39 is 0 Å². The van der Waals surface area contributed by atoms with Crippen molar-refractivity contribution in [2.75, 3.05) is 28.4 Å². The fourth-order valence-corrected chi connectivity index (χ4v) is 3.46. The van der Waals surface area contributed by atoms with E-state index in [2.05, 4.69) is 0 Å². The first kappa shape index (κ1) is 18.1. The zero-order valence-electron chi connectivity index (χ0n) is 14.9. The van der Waals surface area contributed by atoms with E-state index in [-0.39, 0.29) is 11.9 Å². The quantitative estimate of drug-likeness (QED) is 0.793. The third kappa shape index (κ3) is 3.48. The predicted octanol–water partition coefficient (Wildman–Crippen LogP) is 3.92. The zero-order chi connectivity index (χ0) is 17.9. The summed E-state index contributed by atoms with van der Waals surface area (Å²) in [6, 6.07) is 7.32. The number of methoxy groups -OCH3 is 3. The number of carbonyl (C=O) groups is 1. The Balaban J connectivity index is 2.31. The van der Waals surface area contributed by atoms with Crippen molar-refractivity contribution in [2.24, 2.45) is 0 Å². The largest absolute Gasteiger partial charge is 0.497 e. The number of thiophene rings is 1. The molecular formula is C18H23NO4S. The molecule has 0 radical (unpaired) electrons. The average molecular weight is 349 g/mol. The van der Waals surface area contributed by atoms with Crippen molar-refractivity contribution in [3.05, 3.63) is 39.6 Å². The standard InChI is InChI=1S/C18H23NO4S/c1-11-9-16(23-6)17(24-11)18(20)19(3)12(2)14-8-7-13(21-4)10-15(14)22-5/h7-10,12H,1-6H3/t12-/m1/s1. The minimum absolute atomic E-state index is 0.0738. The molecule has 0 saturated heterocycles. The Morgan fingerprint density at radius 3 is 2.33 bits per heavy atom. The van der Waals surface area contributed by atoms with Crippen LogP contribution in [-0.4, -0.2) is 39.2 Å². The van der Waals surface area contributed by atoms with Crippen molar-refractivity contribution in [2.45, 2.75) is 19.9 Å². The third-order valence-corrected chi connectivity index (χ3v) is 5.05. The number of carbonyl (C=O) groups excluding carboxylic acids is 1. The maximum Gasteiger partial charge on any atom is 0.268 e. The Labute approximate surface area is 146 Å². The van der Waals surface area contributed by atoms with Gasteiger partial charge in [0.25, 0.3) is 5.91 Å². The van der Waals surface area contributed by atoms with Gasteiger partial charge in [-0.15, -0.1) is 11.3 Å². The van der Waals surface area contributed by atoms with Crippen LogP contribution in [0.5, 0.6) is 17.2 Å². The fourth-order valence-electron chi connectivity index (χ4n) is 2.50. The van der Waals surface area contributed by atoms with Gasteiger partial charge in [0, 0.05) is 23.6 Å². The molecule has 0 spiro atoms. The normalized spacial score (nSPS) is 11.8. The molecule has 6 heteroatoms. The Morgan fingerprint density at radius 2 is 1.75 bits per heavy atom. The SMILES string of the molecule is COc1ccc([C@@H](C)N(C)C(=O)c2sc(C)cc2OC)c(OC)c1. The number of nitrogens with zero attached hydrogens (tertiary/aromatic N) is 1. The lowest BCUT2D eigenvalue weighted by molar-refractivity contribution is 0.0743. The summed E-state index contributed by atoms with van der Waals surface area (Å²) >= 11 is 1.44. The van der Waals surface area contributed by atoms with Crippen molar-refractivity contribution in [1.82, 2.24) is 4.90 Å². The maximum absolute atomic E-state index is 12.9. The van der Waals surface area contributed by atoms with E-state index in [1.54, 1.807) is 33.3 Å².